The average Bonchev–Trinajstić information content (AvgIpc) is 3.18. The van der Waals surface area contributed by atoms with Crippen LogP contribution >= 0.6 is 0 Å². The minimum atomic E-state index is -0.760. The highest BCUT2D eigenvalue weighted by Gasteiger charge is 2.19. The Labute approximate surface area is 348 Å². The van der Waals surface area contributed by atoms with Gasteiger partial charge >= 0.3 is 17.9 Å². The number of esters is 3. The summed E-state index contributed by atoms with van der Waals surface area (Å²) in [7, 11) is 0. The molecule has 0 heterocycles. The van der Waals surface area contributed by atoms with Crippen molar-refractivity contribution in [1.29, 1.82) is 0 Å². The molecule has 0 aliphatic rings. The minimum absolute atomic E-state index is 0.0635. The van der Waals surface area contributed by atoms with Crippen molar-refractivity contribution in [2.45, 2.75) is 284 Å². The summed E-state index contributed by atoms with van der Waals surface area (Å²) in [5.41, 5.74) is 0. The molecule has 0 amide bonds. The first kappa shape index (κ1) is 54.4. The summed E-state index contributed by atoms with van der Waals surface area (Å²) in [6.07, 6.45) is 45.2. The number of ether oxygens (including phenoxy) is 3. The van der Waals surface area contributed by atoms with Crippen LogP contribution < -0.4 is 0 Å². The largest absolute Gasteiger partial charge is 0.462 e. The summed E-state index contributed by atoms with van der Waals surface area (Å²) < 4.78 is 16.8. The van der Waals surface area contributed by atoms with Gasteiger partial charge in [-0.1, -0.05) is 240 Å². The van der Waals surface area contributed by atoms with Gasteiger partial charge in [-0.25, -0.2) is 0 Å². The van der Waals surface area contributed by atoms with Crippen LogP contribution in [0.5, 0.6) is 0 Å². The monoisotopic (exact) mass is 793 g/mol. The molecule has 0 saturated carbocycles. The zero-order valence-electron chi connectivity index (χ0n) is 38.1. The van der Waals surface area contributed by atoms with Gasteiger partial charge in [0.05, 0.1) is 0 Å². The fourth-order valence-electron chi connectivity index (χ4n) is 7.51. The highest BCUT2D eigenvalue weighted by atomic mass is 16.6. The standard InChI is InChI=1S/C50H96O6/c1-5-7-9-11-13-15-17-19-21-23-25-29-33-37-41-48(51)54-44-47(45-55-49(52)42-38-34-31-27-28-32-36-40-46(3)4)56-50(53)43-39-35-30-26-24-22-20-18-16-14-12-10-8-6-2/h46-47H,5-45H2,1-4H3/t47-/m0/s1. The lowest BCUT2D eigenvalue weighted by atomic mass is 10.0. The molecule has 0 aliphatic carbocycles. The molecule has 0 fully saturated rings. The van der Waals surface area contributed by atoms with Crippen LogP contribution in [0, 0.1) is 5.92 Å². The normalized spacial score (nSPS) is 11.9. The second-order valence-electron chi connectivity index (χ2n) is 17.6. The third-order valence-electron chi connectivity index (χ3n) is 11.3. The molecule has 0 bridgehead atoms. The number of rotatable bonds is 45. The summed E-state index contributed by atoms with van der Waals surface area (Å²) in [4.78, 5) is 37.8. The van der Waals surface area contributed by atoms with E-state index in [0.29, 0.717) is 19.3 Å². The van der Waals surface area contributed by atoms with Gasteiger partial charge in [-0.05, 0) is 25.2 Å². The molecule has 56 heavy (non-hydrogen) atoms. The number of hydrogen-bond acceptors (Lipinski definition) is 6. The Morgan fingerprint density at radius 2 is 0.589 bits per heavy atom. The van der Waals surface area contributed by atoms with Gasteiger partial charge in [-0.2, -0.15) is 0 Å². The molecule has 6 nitrogen and oxygen atoms in total. The van der Waals surface area contributed by atoms with Crippen molar-refractivity contribution in [3.8, 4) is 0 Å². The summed E-state index contributed by atoms with van der Waals surface area (Å²) in [5, 5.41) is 0. The molecule has 0 N–H and O–H groups in total. The first-order valence-corrected chi connectivity index (χ1v) is 24.9. The number of carbonyl (C=O) groups is 3. The third-order valence-corrected chi connectivity index (χ3v) is 11.3. The molecular formula is C50H96O6. The fraction of sp³-hybridized carbons (Fsp3) is 0.940. The van der Waals surface area contributed by atoms with E-state index in [1.54, 1.807) is 0 Å². The molecule has 0 radical (unpaired) electrons. The first-order valence-electron chi connectivity index (χ1n) is 24.9. The van der Waals surface area contributed by atoms with Crippen molar-refractivity contribution in [2.24, 2.45) is 5.92 Å². The Morgan fingerprint density at radius 3 is 0.875 bits per heavy atom. The maximum atomic E-state index is 12.7. The maximum absolute atomic E-state index is 12.7. The Bertz CT molecular complexity index is 841. The molecule has 332 valence electrons. The van der Waals surface area contributed by atoms with E-state index in [-0.39, 0.29) is 31.1 Å². The molecule has 0 unspecified atom stereocenters. The summed E-state index contributed by atoms with van der Waals surface area (Å²) in [5.74, 6) is -0.0681. The van der Waals surface area contributed by atoms with Gasteiger partial charge in [0.2, 0.25) is 0 Å². The Kier molecular flexibility index (Phi) is 43.2. The zero-order chi connectivity index (χ0) is 41.0. The van der Waals surface area contributed by atoms with E-state index in [4.69, 9.17) is 14.2 Å². The van der Waals surface area contributed by atoms with Crippen LogP contribution in [-0.4, -0.2) is 37.2 Å². The van der Waals surface area contributed by atoms with Gasteiger partial charge in [0.25, 0.3) is 0 Å². The van der Waals surface area contributed by atoms with Gasteiger partial charge in [0.1, 0.15) is 13.2 Å². The lowest BCUT2D eigenvalue weighted by Crippen LogP contribution is -2.30. The van der Waals surface area contributed by atoms with Gasteiger partial charge in [-0.3, -0.25) is 14.4 Å². The van der Waals surface area contributed by atoms with Crippen molar-refractivity contribution in [2.75, 3.05) is 13.2 Å². The fourth-order valence-corrected chi connectivity index (χ4v) is 7.51. The van der Waals surface area contributed by atoms with Crippen molar-refractivity contribution >= 4 is 17.9 Å². The van der Waals surface area contributed by atoms with E-state index in [1.165, 1.54) is 173 Å². The Hall–Kier alpha value is -1.59. The molecule has 1 atom stereocenters. The van der Waals surface area contributed by atoms with Crippen LogP contribution in [-0.2, 0) is 28.6 Å². The van der Waals surface area contributed by atoms with Crippen molar-refractivity contribution in [1.82, 2.24) is 0 Å². The van der Waals surface area contributed by atoms with Gasteiger partial charge in [-0.15, -0.1) is 0 Å². The van der Waals surface area contributed by atoms with Crippen molar-refractivity contribution in [3.63, 3.8) is 0 Å². The molecular weight excluding hydrogens is 697 g/mol. The highest BCUT2D eigenvalue weighted by molar-refractivity contribution is 5.71. The highest BCUT2D eigenvalue weighted by Crippen LogP contribution is 2.17. The predicted octanol–water partition coefficient (Wildman–Crippen LogP) is 15.9. The molecule has 0 rings (SSSR count). The van der Waals surface area contributed by atoms with Gasteiger partial charge in [0.15, 0.2) is 6.10 Å². The second kappa shape index (κ2) is 44.5. The van der Waals surface area contributed by atoms with Crippen LogP contribution in [0.15, 0.2) is 0 Å². The van der Waals surface area contributed by atoms with Crippen LogP contribution in [0.4, 0.5) is 0 Å². The lowest BCUT2D eigenvalue weighted by Gasteiger charge is -2.18. The van der Waals surface area contributed by atoms with E-state index in [1.807, 2.05) is 0 Å². The topological polar surface area (TPSA) is 78.9 Å². The van der Waals surface area contributed by atoms with Crippen LogP contribution in [0.3, 0.4) is 0 Å². The van der Waals surface area contributed by atoms with E-state index in [2.05, 4.69) is 27.7 Å². The quantitative estimate of drug-likeness (QED) is 0.0347. The van der Waals surface area contributed by atoms with E-state index >= 15 is 0 Å². The predicted molar refractivity (Wildman–Crippen MR) is 238 cm³/mol. The molecule has 0 aliphatic heterocycles. The smallest absolute Gasteiger partial charge is 0.306 e. The number of unbranched alkanes of at least 4 members (excludes halogenated alkanes) is 32. The maximum Gasteiger partial charge on any atom is 0.306 e. The average molecular weight is 793 g/mol. The van der Waals surface area contributed by atoms with Gasteiger partial charge < -0.3 is 14.2 Å². The Morgan fingerprint density at radius 1 is 0.339 bits per heavy atom. The van der Waals surface area contributed by atoms with Crippen LogP contribution in [0.2, 0.25) is 0 Å². The van der Waals surface area contributed by atoms with E-state index in [0.717, 1.165) is 63.7 Å². The first-order chi connectivity index (χ1) is 27.4. The summed E-state index contributed by atoms with van der Waals surface area (Å²) in [6.45, 7) is 8.97. The van der Waals surface area contributed by atoms with Crippen molar-refractivity contribution in [3.05, 3.63) is 0 Å². The lowest BCUT2D eigenvalue weighted by molar-refractivity contribution is -0.167. The van der Waals surface area contributed by atoms with Crippen LogP contribution in [0.25, 0.3) is 0 Å². The summed E-state index contributed by atoms with van der Waals surface area (Å²) >= 11 is 0. The van der Waals surface area contributed by atoms with E-state index in [9.17, 15) is 14.4 Å². The molecule has 0 aromatic carbocycles. The van der Waals surface area contributed by atoms with E-state index < -0.39 is 6.10 Å². The zero-order valence-corrected chi connectivity index (χ0v) is 38.1. The summed E-state index contributed by atoms with van der Waals surface area (Å²) in [6, 6.07) is 0. The number of hydrogen-bond donors (Lipinski definition) is 0. The molecule has 0 aromatic heterocycles. The van der Waals surface area contributed by atoms with Gasteiger partial charge in [0, 0.05) is 19.3 Å². The minimum Gasteiger partial charge on any atom is -0.462 e. The SMILES string of the molecule is CCCCCCCCCCCCCCCCC(=O)OC[C@@H](COC(=O)CCCCCCCCCC(C)C)OC(=O)CCCCCCCCCCCCCCCC. The number of carbonyl (C=O) groups excluding carboxylic acids is 3. The molecule has 0 spiro atoms. The third kappa shape index (κ3) is 43.5. The molecule has 6 heteroatoms. The second-order valence-corrected chi connectivity index (χ2v) is 17.6. The Balaban J connectivity index is 4.30. The van der Waals surface area contributed by atoms with Crippen LogP contribution in [0.1, 0.15) is 278 Å². The molecule has 0 saturated heterocycles. The molecule has 0 aromatic rings. The van der Waals surface area contributed by atoms with Crippen molar-refractivity contribution < 1.29 is 28.6 Å².